The topological polar surface area (TPSA) is 91.1 Å². The highest BCUT2D eigenvalue weighted by Gasteiger charge is 2.12. The van der Waals surface area contributed by atoms with Crippen LogP contribution in [0.4, 0.5) is 11.4 Å². The number of H-pyrrole nitrogens is 1. The van der Waals surface area contributed by atoms with Crippen molar-refractivity contribution >= 4 is 28.2 Å². The van der Waals surface area contributed by atoms with Gasteiger partial charge in [-0.05, 0) is 36.8 Å². The summed E-state index contributed by atoms with van der Waals surface area (Å²) in [6.45, 7) is 1.80. The Morgan fingerprint density at radius 3 is 2.81 bits per heavy atom. The number of nitrogens with two attached hydrogens (primary N) is 1. The van der Waals surface area contributed by atoms with Crippen molar-refractivity contribution in [3.05, 3.63) is 53.7 Å². The molecule has 3 aromatic rings. The number of aromatic nitrogens is 1. The van der Waals surface area contributed by atoms with E-state index >= 15 is 0 Å². The third-order valence-corrected chi connectivity index (χ3v) is 3.42. The summed E-state index contributed by atoms with van der Waals surface area (Å²) in [5.74, 6) is -0.0891. The minimum absolute atomic E-state index is 0.152. The van der Waals surface area contributed by atoms with Gasteiger partial charge in [-0.2, -0.15) is 0 Å². The monoisotopic (exact) mass is 281 g/mol. The number of phenols is 1. The third-order valence-electron chi connectivity index (χ3n) is 3.42. The predicted molar refractivity (Wildman–Crippen MR) is 83.5 cm³/mol. The van der Waals surface area contributed by atoms with Crippen LogP contribution in [0, 0.1) is 6.92 Å². The molecule has 1 aromatic heterocycles. The number of benzene rings is 2. The summed E-state index contributed by atoms with van der Waals surface area (Å²) < 4.78 is 0. The number of carbonyl (C=O) groups excluding carboxylic acids is 1. The van der Waals surface area contributed by atoms with Crippen molar-refractivity contribution in [2.24, 2.45) is 0 Å². The molecule has 3 rings (SSSR count). The van der Waals surface area contributed by atoms with E-state index in [-0.39, 0.29) is 11.7 Å². The van der Waals surface area contributed by atoms with E-state index in [4.69, 9.17) is 5.73 Å². The molecule has 2 aromatic carbocycles. The highest BCUT2D eigenvalue weighted by molar-refractivity contribution is 6.13. The fourth-order valence-corrected chi connectivity index (χ4v) is 2.22. The molecule has 0 atom stereocenters. The number of nitrogen functional groups attached to an aromatic ring is 1. The van der Waals surface area contributed by atoms with Crippen molar-refractivity contribution in [2.75, 3.05) is 11.1 Å². The van der Waals surface area contributed by atoms with Crippen LogP contribution in [0.2, 0.25) is 0 Å². The molecule has 1 heterocycles. The van der Waals surface area contributed by atoms with E-state index in [1.54, 1.807) is 37.4 Å². The Bertz CT molecular complexity index is 837. The van der Waals surface area contributed by atoms with Crippen LogP contribution in [0.15, 0.2) is 42.6 Å². The van der Waals surface area contributed by atoms with E-state index in [1.165, 1.54) is 6.07 Å². The van der Waals surface area contributed by atoms with Gasteiger partial charge >= 0.3 is 0 Å². The zero-order chi connectivity index (χ0) is 15.0. The smallest absolute Gasteiger partial charge is 0.257 e. The zero-order valence-corrected chi connectivity index (χ0v) is 11.5. The molecule has 0 unspecified atom stereocenters. The molecule has 0 aliphatic carbocycles. The maximum Gasteiger partial charge on any atom is 0.257 e. The maximum absolute atomic E-state index is 12.3. The molecule has 5 N–H and O–H groups in total. The standard InChI is InChI=1S/C16H15N3O2/c1-9-2-4-11(7-15(9)20)19-16(21)13-8-18-14-6-10(17)3-5-12(13)14/h2-8,18,20H,17H2,1H3,(H,19,21). The Balaban J connectivity index is 1.91. The van der Waals surface area contributed by atoms with Crippen LogP contribution in [0.25, 0.3) is 10.9 Å². The summed E-state index contributed by atoms with van der Waals surface area (Å²) in [5, 5.41) is 13.2. The van der Waals surface area contributed by atoms with E-state index < -0.39 is 0 Å². The molecule has 5 nitrogen and oxygen atoms in total. The fraction of sp³-hybridized carbons (Fsp3) is 0.0625. The van der Waals surface area contributed by atoms with Gasteiger partial charge in [0, 0.05) is 34.5 Å². The van der Waals surface area contributed by atoms with Crippen LogP contribution in [-0.4, -0.2) is 16.0 Å². The molecule has 106 valence electrons. The first-order chi connectivity index (χ1) is 10.0. The van der Waals surface area contributed by atoms with Crippen molar-refractivity contribution in [3.63, 3.8) is 0 Å². The highest BCUT2D eigenvalue weighted by atomic mass is 16.3. The summed E-state index contributed by atoms with van der Waals surface area (Å²) in [5.41, 5.74) is 9.01. The number of aryl methyl sites for hydroxylation is 1. The molecule has 0 aliphatic heterocycles. The zero-order valence-electron chi connectivity index (χ0n) is 11.5. The molecule has 0 radical (unpaired) electrons. The summed E-state index contributed by atoms with van der Waals surface area (Å²) in [4.78, 5) is 15.4. The average Bonchev–Trinajstić information content (AvgIpc) is 2.85. The lowest BCUT2D eigenvalue weighted by Gasteiger charge is -2.06. The molecule has 5 heteroatoms. The van der Waals surface area contributed by atoms with Crippen LogP contribution in [0.1, 0.15) is 15.9 Å². The van der Waals surface area contributed by atoms with Crippen molar-refractivity contribution in [3.8, 4) is 5.75 Å². The Morgan fingerprint density at radius 2 is 2.05 bits per heavy atom. The van der Waals surface area contributed by atoms with Gasteiger partial charge in [-0.3, -0.25) is 4.79 Å². The quantitative estimate of drug-likeness (QED) is 0.544. The number of phenolic OH excluding ortho intramolecular Hbond substituents is 1. The first kappa shape index (κ1) is 13.1. The van der Waals surface area contributed by atoms with Gasteiger partial charge in [0.2, 0.25) is 0 Å². The summed E-state index contributed by atoms with van der Waals surface area (Å²) in [7, 11) is 0. The summed E-state index contributed by atoms with van der Waals surface area (Å²) in [6.07, 6.45) is 1.65. The SMILES string of the molecule is Cc1ccc(NC(=O)c2c[nH]c3cc(N)ccc23)cc1O. The molecule has 0 saturated heterocycles. The maximum atomic E-state index is 12.3. The summed E-state index contributed by atoms with van der Waals surface area (Å²) >= 11 is 0. The molecular formula is C16H15N3O2. The number of nitrogens with one attached hydrogen (secondary N) is 2. The van der Waals surface area contributed by atoms with E-state index in [0.29, 0.717) is 16.9 Å². The summed E-state index contributed by atoms with van der Waals surface area (Å²) in [6, 6.07) is 10.4. The average molecular weight is 281 g/mol. The number of carbonyl (C=O) groups is 1. The van der Waals surface area contributed by atoms with E-state index in [9.17, 15) is 9.90 Å². The van der Waals surface area contributed by atoms with Gasteiger partial charge in [0.1, 0.15) is 5.75 Å². The van der Waals surface area contributed by atoms with E-state index in [0.717, 1.165) is 16.5 Å². The van der Waals surface area contributed by atoms with Crippen LogP contribution in [-0.2, 0) is 0 Å². The van der Waals surface area contributed by atoms with E-state index in [2.05, 4.69) is 10.3 Å². The van der Waals surface area contributed by atoms with Crippen LogP contribution < -0.4 is 11.1 Å². The van der Waals surface area contributed by atoms with Gasteiger partial charge < -0.3 is 21.1 Å². The molecule has 1 amide bonds. The normalized spacial score (nSPS) is 10.7. The number of fused-ring (bicyclic) bond motifs is 1. The Hall–Kier alpha value is -2.95. The lowest BCUT2D eigenvalue weighted by Crippen LogP contribution is -2.11. The number of aromatic hydroxyl groups is 1. The molecular weight excluding hydrogens is 266 g/mol. The van der Waals surface area contributed by atoms with Crippen molar-refractivity contribution in [1.29, 1.82) is 0 Å². The fourth-order valence-electron chi connectivity index (χ4n) is 2.22. The second-order valence-electron chi connectivity index (χ2n) is 4.96. The van der Waals surface area contributed by atoms with Gasteiger partial charge in [0.05, 0.1) is 5.56 Å². The molecule has 0 fully saturated rings. The lowest BCUT2D eigenvalue weighted by atomic mass is 10.1. The largest absolute Gasteiger partial charge is 0.508 e. The van der Waals surface area contributed by atoms with Crippen molar-refractivity contribution < 1.29 is 9.90 Å². The van der Waals surface area contributed by atoms with Crippen LogP contribution >= 0.6 is 0 Å². The van der Waals surface area contributed by atoms with Gasteiger partial charge in [-0.15, -0.1) is 0 Å². The Morgan fingerprint density at radius 1 is 1.24 bits per heavy atom. The van der Waals surface area contributed by atoms with Gasteiger partial charge in [0.25, 0.3) is 5.91 Å². The minimum atomic E-state index is -0.241. The molecule has 0 aliphatic rings. The third kappa shape index (κ3) is 2.41. The molecule has 0 saturated carbocycles. The first-order valence-corrected chi connectivity index (χ1v) is 6.52. The predicted octanol–water partition coefficient (Wildman–Crippen LogP) is 3.02. The number of anilines is 2. The lowest BCUT2D eigenvalue weighted by molar-refractivity contribution is 0.102. The number of hydrogen-bond donors (Lipinski definition) is 4. The van der Waals surface area contributed by atoms with E-state index in [1.807, 2.05) is 6.07 Å². The highest BCUT2D eigenvalue weighted by Crippen LogP contribution is 2.24. The molecule has 0 bridgehead atoms. The first-order valence-electron chi connectivity index (χ1n) is 6.52. The van der Waals surface area contributed by atoms with Gasteiger partial charge in [-0.1, -0.05) is 6.07 Å². The van der Waals surface area contributed by atoms with Crippen molar-refractivity contribution in [2.45, 2.75) is 6.92 Å². The van der Waals surface area contributed by atoms with Crippen LogP contribution in [0.3, 0.4) is 0 Å². The van der Waals surface area contributed by atoms with Gasteiger partial charge in [-0.25, -0.2) is 0 Å². The Kier molecular flexibility index (Phi) is 3.02. The second-order valence-corrected chi connectivity index (χ2v) is 4.96. The Labute approximate surface area is 121 Å². The number of aromatic amines is 1. The van der Waals surface area contributed by atoms with Crippen LogP contribution in [0.5, 0.6) is 5.75 Å². The molecule has 0 spiro atoms. The van der Waals surface area contributed by atoms with Crippen molar-refractivity contribution in [1.82, 2.24) is 4.98 Å². The number of amides is 1. The number of hydrogen-bond acceptors (Lipinski definition) is 3. The molecule has 21 heavy (non-hydrogen) atoms. The number of rotatable bonds is 2. The van der Waals surface area contributed by atoms with Gasteiger partial charge in [0.15, 0.2) is 0 Å². The minimum Gasteiger partial charge on any atom is -0.508 e. The second kappa shape index (κ2) is 4.86.